The SMILES string of the molecule is CCCN=C(NCC)N1CCN(c2nc(CC)ns2)CC1. The number of hydrogen-bond acceptors (Lipinski definition) is 5. The van der Waals surface area contributed by atoms with Gasteiger partial charge in [-0.05, 0) is 13.3 Å². The number of anilines is 1. The molecule has 1 aliphatic rings. The maximum atomic E-state index is 4.66. The summed E-state index contributed by atoms with van der Waals surface area (Å²) in [5, 5.41) is 4.44. The van der Waals surface area contributed by atoms with Gasteiger partial charge in [0, 0.05) is 57.2 Å². The number of nitrogens with one attached hydrogen (secondary N) is 1. The van der Waals surface area contributed by atoms with Crippen molar-refractivity contribution in [2.45, 2.75) is 33.6 Å². The van der Waals surface area contributed by atoms with Gasteiger partial charge in [0.25, 0.3) is 0 Å². The van der Waals surface area contributed by atoms with Crippen molar-refractivity contribution in [3.8, 4) is 0 Å². The average molecular weight is 310 g/mol. The summed E-state index contributed by atoms with van der Waals surface area (Å²) in [5.74, 6) is 2.00. The molecule has 0 unspecified atom stereocenters. The van der Waals surface area contributed by atoms with E-state index in [-0.39, 0.29) is 0 Å². The van der Waals surface area contributed by atoms with Crippen LogP contribution in [0.25, 0.3) is 0 Å². The first kappa shape index (κ1) is 16.0. The number of nitrogens with zero attached hydrogens (tertiary/aromatic N) is 5. The largest absolute Gasteiger partial charge is 0.357 e. The van der Waals surface area contributed by atoms with Crippen molar-refractivity contribution in [2.24, 2.45) is 4.99 Å². The van der Waals surface area contributed by atoms with Crippen LogP contribution in [-0.2, 0) is 6.42 Å². The van der Waals surface area contributed by atoms with Crippen LogP contribution in [0.3, 0.4) is 0 Å². The third kappa shape index (κ3) is 4.30. The van der Waals surface area contributed by atoms with Gasteiger partial charge in [0.05, 0.1) is 0 Å². The van der Waals surface area contributed by atoms with Gasteiger partial charge in [-0.2, -0.15) is 4.37 Å². The van der Waals surface area contributed by atoms with Gasteiger partial charge in [-0.1, -0.05) is 13.8 Å². The molecule has 0 amide bonds. The summed E-state index contributed by atoms with van der Waals surface area (Å²) < 4.78 is 4.37. The fourth-order valence-corrected chi connectivity index (χ4v) is 3.07. The van der Waals surface area contributed by atoms with Gasteiger partial charge in [-0.15, -0.1) is 0 Å². The molecule has 118 valence electrons. The number of hydrogen-bond donors (Lipinski definition) is 1. The monoisotopic (exact) mass is 310 g/mol. The molecule has 1 fully saturated rings. The topological polar surface area (TPSA) is 56.7 Å². The highest BCUT2D eigenvalue weighted by atomic mass is 32.1. The summed E-state index contributed by atoms with van der Waals surface area (Å²) in [4.78, 5) is 13.9. The van der Waals surface area contributed by atoms with Crippen molar-refractivity contribution in [2.75, 3.05) is 44.2 Å². The van der Waals surface area contributed by atoms with E-state index >= 15 is 0 Å². The molecule has 2 rings (SSSR count). The average Bonchev–Trinajstić information content (AvgIpc) is 3.01. The molecule has 1 saturated heterocycles. The minimum Gasteiger partial charge on any atom is -0.357 e. The zero-order chi connectivity index (χ0) is 15.1. The van der Waals surface area contributed by atoms with Gasteiger partial charge in [-0.25, -0.2) is 4.98 Å². The normalized spacial score (nSPS) is 16.4. The van der Waals surface area contributed by atoms with Crippen LogP contribution in [0.4, 0.5) is 5.13 Å². The van der Waals surface area contributed by atoms with Crippen LogP contribution >= 0.6 is 11.5 Å². The zero-order valence-corrected chi connectivity index (χ0v) is 14.1. The van der Waals surface area contributed by atoms with Crippen molar-refractivity contribution in [1.29, 1.82) is 0 Å². The lowest BCUT2D eigenvalue weighted by atomic mass is 10.3. The molecule has 1 aromatic rings. The summed E-state index contributed by atoms with van der Waals surface area (Å²) in [7, 11) is 0. The molecule has 0 atom stereocenters. The molecule has 6 nitrogen and oxygen atoms in total. The molecular formula is C14H26N6S. The smallest absolute Gasteiger partial charge is 0.205 e. The highest BCUT2D eigenvalue weighted by molar-refractivity contribution is 7.09. The van der Waals surface area contributed by atoms with Crippen LogP contribution < -0.4 is 10.2 Å². The quantitative estimate of drug-likeness (QED) is 0.661. The Balaban J connectivity index is 1.92. The van der Waals surface area contributed by atoms with Gasteiger partial charge in [0.1, 0.15) is 5.82 Å². The molecule has 0 radical (unpaired) electrons. The van der Waals surface area contributed by atoms with Gasteiger partial charge >= 0.3 is 0 Å². The molecule has 0 aromatic carbocycles. The Morgan fingerprint density at radius 2 is 2.00 bits per heavy atom. The van der Waals surface area contributed by atoms with Crippen molar-refractivity contribution in [3.63, 3.8) is 0 Å². The highest BCUT2D eigenvalue weighted by Gasteiger charge is 2.21. The number of piperazine rings is 1. The maximum Gasteiger partial charge on any atom is 0.205 e. The molecule has 1 aliphatic heterocycles. The Bertz CT molecular complexity index is 450. The third-order valence-corrected chi connectivity index (χ3v) is 4.26. The first-order valence-corrected chi connectivity index (χ1v) is 8.66. The number of guanidine groups is 1. The van der Waals surface area contributed by atoms with Crippen LogP contribution in [0.1, 0.15) is 33.0 Å². The van der Waals surface area contributed by atoms with E-state index in [1.165, 1.54) is 11.5 Å². The van der Waals surface area contributed by atoms with Crippen LogP contribution in [0.15, 0.2) is 4.99 Å². The lowest BCUT2D eigenvalue weighted by molar-refractivity contribution is 0.372. The van der Waals surface area contributed by atoms with E-state index in [1.807, 2.05) is 0 Å². The van der Waals surface area contributed by atoms with Gasteiger partial charge < -0.3 is 15.1 Å². The van der Waals surface area contributed by atoms with E-state index in [9.17, 15) is 0 Å². The summed E-state index contributed by atoms with van der Waals surface area (Å²) in [6.07, 6.45) is 1.99. The lowest BCUT2D eigenvalue weighted by Crippen LogP contribution is -2.52. The minimum absolute atomic E-state index is 0.888. The summed E-state index contributed by atoms with van der Waals surface area (Å²) in [5.41, 5.74) is 0. The van der Waals surface area contributed by atoms with Crippen molar-refractivity contribution in [3.05, 3.63) is 5.82 Å². The molecule has 1 N–H and O–H groups in total. The van der Waals surface area contributed by atoms with Crippen LogP contribution in [0.5, 0.6) is 0 Å². The molecule has 21 heavy (non-hydrogen) atoms. The zero-order valence-electron chi connectivity index (χ0n) is 13.3. The molecule has 7 heteroatoms. The Morgan fingerprint density at radius 3 is 2.57 bits per heavy atom. The van der Waals surface area contributed by atoms with Gasteiger partial charge in [0.2, 0.25) is 5.13 Å². The van der Waals surface area contributed by atoms with E-state index in [1.54, 1.807) is 0 Å². The fraction of sp³-hybridized carbons (Fsp3) is 0.786. The van der Waals surface area contributed by atoms with Crippen molar-refractivity contribution in [1.82, 2.24) is 19.6 Å². The van der Waals surface area contributed by atoms with Gasteiger partial charge in [-0.3, -0.25) is 4.99 Å². The van der Waals surface area contributed by atoms with Crippen molar-refractivity contribution >= 4 is 22.6 Å². The summed E-state index contributed by atoms with van der Waals surface area (Å²) in [6.45, 7) is 12.1. The number of rotatable bonds is 5. The van der Waals surface area contributed by atoms with Crippen LogP contribution in [0, 0.1) is 0 Å². The first-order valence-electron chi connectivity index (χ1n) is 7.89. The second kappa shape index (κ2) is 8.17. The van der Waals surface area contributed by atoms with E-state index in [4.69, 9.17) is 0 Å². The second-order valence-electron chi connectivity index (χ2n) is 5.06. The number of aryl methyl sites for hydroxylation is 1. The maximum absolute atomic E-state index is 4.66. The summed E-state index contributed by atoms with van der Waals surface area (Å²) >= 11 is 1.51. The lowest BCUT2D eigenvalue weighted by Gasteiger charge is -2.36. The van der Waals surface area contributed by atoms with E-state index < -0.39 is 0 Å². The van der Waals surface area contributed by atoms with E-state index in [0.29, 0.717) is 0 Å². The molecule has 0 saturated carbocycles. The Kier molecular flexibility index (Phi) is 6.22. The fourth-order valence-electron chi connectivity index (χ4n) is 2.27. The Hall–Kier alpha value is -1.37. The Morgan fingerprint density at radius 1 is 1.24 bits per heavy atom. The van der Waals surface area contributed by atoms with Crippen LogP contribution in [0.2, 0.25) is 0 Å². The molecule has 0 spiro atoms. The molecular weight excluding hydrogens is 284 g/mol. The van der Waals surface area contributed by atoms with Crippen LogP contribution in [-0.4, -0.2) is 59.5 Å². The Labute approximate surface area is 131 Å². The number of aromatic nitrogens is 2. The second-order valence-corrected chi connectivity index (χ2v) is 5.79. The molecule has 2 heterocycles. The van der Waals surface area contributed by atoms with Gasteiger partial charge in [0.15, 0.2) is 5.96 Å². The predicted molar refractivity (Wildman–Crippen MR) is 89.3 cm³/mol. The number of aliphatic imine (C=N–C) groups is 1. The molecule has 0 bridgehead atoms. The first-order chi connectivity index (χ1) is 10.3. The van der Waals surface area contributed by atoms with Crippen molar-refractivity contribution < 1.29 is 0 Å². The minimum atomic E-state index is 0.888. The highest BCUT2D eigenvalue weighted by Crippen LogP contribution is 2.19. The summed E-state index contributed by atoms with van der Waals surface area (Å²) in [6, 6.07) is 0. The third-order valence-electron chi connectivity index (χ3n) is 3.44. The molecule has 0 aliphatic carbocycles. The van der Waals surface area contributed by atoms with E-state index in [2.05, 4.69) is 50.2 Å². The standard InChI is InChI=1S/C14H26N6S/c1-4-7-16-13(15-6-3)19-8-10-20(11-9-19)14-17-12(5-2)18-21-14/h4-11H2,1-3H3,(H,15,16). The molecule has 1 aromatic heterocycles. The predicted octanol–water partition coefficient (Wildman–Crippen LogP) is 1.60. The van der Waals surface area contributed by atoms with E-state index in [0.717, 1.165) is 69.0 Å².